The molecular weight excluding hydrogens is 228 g/mol. The second-order valence-corrected chi connectivity index (χ2v) is 4.98. The Hall–Kier alpha value is -1.55. The van der Waals surface area contributed by atoms with Crippen LogP contribution >= 0.6 is 0 Å². The van der Waals surface area contributed by atoms with Crippen LogP contribution in [-0.2, 0) is 11.3 Å². The summed E-state index contributed by atoms with van der Waals surface area (Å²) in [6, 6.07) is 6.96. The number of phenols is 1. The van der Waals surface area contributed by atoms with E-state index in [1.807, 2.05) is 12.1 Å². The first-order valence-corrected chi connectivity index (χ1v) is 6.45. The molecule has 1 fully saturated rings. The molecule has 0 bridgehead atoms. The van der Waals surface area contributed by atoms with Crippen molar-refractivity contribution in [1.29, 1.82) is 0 Å². The molecule has 18 heavy (non-hydrogen) atoms. The number of aromatic hydroxyl groups is 1. The maximum atomic E-state index is 12.0. The Labute approximate surface area is 107 Å². The first-order chi connectivity index (χ1) is 8.66. The highest BCUT2D eigenvalue weighted by Gasteiger charge is 2.24. The van der Waals surface area contributed by atoms with Crippen LogP contribution in [0.2, 0.25) is 0 Å². The number of nitrogens with one attached hydrogen (secondary N) is 2. The standard InChI is InChI=1S/C14H20N2O2/c1-10-6-7-15-12(8-10)14(18)16-9-11-4-2-3-5-13(11)17/h2-5,10,12,15,17H,6-9H2,1H3,(H,16,18). The van der Waals surface area contributed by atoms with Crippen molar-refractivity contribution in [1.82, 2.24) is 10.6 Å². The predicted molar refractivity (Wildman–Crippen MR) is 70.1 cm³/mol. The van der Waals surface area contributed by atoms with Crippen LogP contribution in [0.5, 0.6) is 5.75 Å². The Kier molecular flexibility index (Phi) is 4.20. The molecule has 0 aliphatic carbocycles. The number of rotatable bonds is 3. The topological polar surface area (TPSA) is 61.4 Å². The fourth-order valence-electron chi connectivity index (χ4n) is 2.27. The van der Waals surface area contributed by atoms with Gasteiger partial charge < -0.3 is 15.7 Å². The van der Waals surface area contributed by atoms with E-state index in [0.29, 0.717) is 12.5 Å². The molecular formula is C14H20N2O2. The van der Waals surface area contributed by atoms with Gasteiger partial charge in [-0.2, -0.15) is 0 Å². The Bertz CT molecular complexity index is 420. The summed E-state index contributed by atoms with van der Waals surface area (Å²) in [6.07, 6.45) is 2.01. The fraction of sp³-hybridized carbons (Fsp3) is 0.500. The van der Waals surface area contributed by atoms with Crippen LogP contribution in [0.1, 0.15) is 25.3 Å². The van der Waals surface area contributed by atoms with E-state index in [-0.39, 0.29) is 17.7 Å². The quantitative estimate of drug-likeness (QED) is 0.757. The Morgan fingerprint density at radius 3 is 3.00 bits per heavy atom. The van der Waals surface area contributed by atoms with Gasteiger partial charge in [0.2, 0.25) is 5.91 Å². The lowest BCUT2D eigenvalue weighted by molar-refractivity contribution is -0.124. The molecule has 2 unspecified atom stereocenters. The molecule has 1 heterocycles. The number of phenolic OH excluding ortho intramolecular Hbond substituents is 1. The number of carbonyl (C=O) groups excluding carboxylic acids is 1. The van der Waals surface area contributed by atoms with Gasteiger partial charge in [0.05, 0.1) is 6.04 Å². The number of amides is 1. The average molecular weight is 248 g/mol. The maximum absolute atomic E-state index is 12.0. The highest BCUT2D eigenvalue weighted by Crippen LogP contribution is 2.17. The SMILES string of the molecule is CC1CCNC(C(=O)NCc2ccccc2O)C1. The van der Waals surface area contributed by atoms with Crippen molar-refractivity contribution in [3.8, 4) is 5.75 Å². The highest BCUT2D eigenvalue weighted by atomic mass is 16.3. The van der Waals surface area contributed by atoms with Crippen molar-refractivity contribution in [2.45, 2.75) is 32.4 Å². The number of para-hydroxylation sites is 1. The molecule has 0 radical (unpaired) electrons. The van der Waals surface area contributed by atoms with Gasteiger partial charge in [-0.05, 0) is 31.4 Å². The number of piperidine rings is 1. The van der Waals surface area contributed by atoms with Crippen molar-refractivity contribution in [3.63, 3.8) is 0 Å². The summed E-state index contributed by atoms with van der Waals surface area (Å²) in [4.78, 5) is 12.0. The minimum atomic E-state index is -0.0976. The third kappa shape index (κ3) is 3.23. The first kappa shape index (κ1) is 12.9. The van der Waals surface area contributed by atoms with E-state index in [0.717, 1.165) is 24.9 Å². The number of benzene rings is 1. The van der Waals surface area contributed by atoms with Crippen LogP contribution in [0.4, 0.5) is 0 Å². The van der Waals surface area contributed by atoms with Gasteiger partial charge in [-0.25, -0.2) is 0 Å². The summed E-state index contributed by atoms with van der Waals surface area (Å²) in [5, 5.41) is 15.7. The van der Waals surface area contributed by atoms with Crippen LogP contribution in [0.25, 0.3) is 0 Å². The van der Waals surface area contributed by atoms with Gasteiger partial charge in [0.15, 0.2) is 0 Å². The van der Waals surface area contributed by atoms with E-state index < -0.39 is 0 Å². The fourth-order valence-corrected chi connectivity index (χ4v) is 2.27. The average Bonchev–Trinajstić information content (AvgIpc) is 2.37. The molecule has 1 saturated heterocycles. The van der Waals surface area contributed by atoms with Gasteiger partial charge >= 0.3 is 0 Å². The van der Waals surface area contributed by atoms with Gasteiger partial charge in [0.25, 0.3) is 0 Å². The molecule has 3 N–H and O–H groups in total. The Morgan fingerprint density at radius 1 is 1.50 bits per heavy atom. The van der Waals surface area contributed by atoms with E-state index in [1.165, 1.54) is 0 Å². The van der Waals surface area contributed by atoms with Crippen molar-refractivity contribution in [2.24, 2.45) is 5.92 Å². The molecule has 0 spiro atoms. The van der Waals surface area contributed by atoms with Crippen LogP contribution in [0.15, 0.2) is 24.3 Å². The molecule has 0 saturated carbocycles. The Morgan fingerprint density at radius 2 is 2.28 bits per heavy atom. The van der Waals surface area contributed by atoms with Gasteiger partial charge in [-0.3, -0.25) is 4.79 Å². The molecule has 0 aromatic heterocycles. The zero-order valence-electron chi connectivity index (χ0n) is 10.6. The zero-order chi connectivity index (χ0) is 13.0. The van der Waals surface area contributed by atoms with Gasteiger partial charge in [-0.15, -0.1) is 0 Å². The molecule has 1 aromatic carbocycles. The number of hydrogen-bond acceptors (Lipinski definition) is 3. The molecule has 1 aliphatic rings. The predicted octanol–water partition coefficient (Wildman–Crippen LogP) is 1.40. The van der Waals surface area contributed by atoms with Crippen molar-refractivity contribution in [3.05, 3.63) is 29.8 Å². The van der Waals surface area contributed by atoms with Crippen molar-refractivity contribution >= 4 is 5.91 Å². The zero-order valence-corrected chi connectivity index (χ0v) is 10.6. The van der Waals surface area contributed by atoms with E-state index in [2.05, 4.69) is 17.6 Å². The third-order valence-corrected chi connectivity index (χ3v) is 3.43. The van der Waals surface area contributed by atoms with E-state index in [4.69, 9.17) is 0 Å². The maximum Gasteiger partial charge on any atom is 0.237 e. The minimum absolute atomic E-state index is 0.0183. The molecule has 1 aromatic rings. The molecule has 4 nitrogen and oxygen atoms in total. The monoisotopic (exact) mass is 248 g/mol. The summed E-state index contributed by atoms with van der Waals surface area (Å²) in [7, 11) is 0. The summed E-state index contributed by atoms with van der Waals surface area (Å²) in [6.45, 7) is 3.44. The lowest BCUT2D eigenvalue weighted by Crippen LogP contribution is -2.48. The molecule has 1 aliphatic heterocycles. The summed E-state index contributed by atoms with van der Waals surface area (Å²) in [5.41, 5.74) is 0.745. The normalized spacial score (nSPS) is 23.6. The van der Waals surface area contributed by atoms with E-state index >= 15 is 0 Å². The summed E-state index contributed by atoms with van der Waals surface area (Å²) >= 11 is 0. The number of carbonyl (C=O) groups is 1. The van der Waals surface area contributed by atoms with Gasteiger partial charge in [0, 0.05) is 12.1 Å². The van der Waals surface area contributed by atoms with Gasteiger partial charge in [-0.1, -0.05) is 25.1 Å². The van der Waals surface area contributed by atoms with Crippen LogP contribution in [0, 0.1) is 5.92 Å². The van der Waals surface area contributed by atoms with Crippen LogP contribution < -0.4 is 10.6 Å². The van der Waals surface area contributed by atoms with Gasteiger partial charge in [0.1, 0.15) is 5.75 Å². The third-order valence-electron chi connectivity index (χ3n) is 3.43. The van der Waals surface area contributed by atoms with Crippen molar-refractivity contribution < 1.29 is 9.90 Å². The van der Waals surface area contributed by atoms with E-state index in [1.54, 1.807) is 12.1 Å². The summed E-state index contributed by atoms with van der Waals surface area (Å²) < 4.78 is 0. The second kappa shape index (κ2) is 5.87. The van der Waals surface area contributed by atoms with Crippen molar-refractivity contribution in [2.75, 3.05) is 6.54 Å². The minimum Gasteiger partial charge on any atom is -0.508 e. The smallest absolute Gasteiger partial charge is 0.237 e. The first-order valence-electron chi connectivity index (χ1n) is 6.45. The van der Waals surface area contributed by atoms with Crippen LogP contribution in [0.3, 0.4) is 0 Å². The summed E-state index contributed by atoms with van der Waals surface area (Å²) in [5.74, 6) is 0.833. The lowest BCUT2D eigenvalue weighted by atomic mass is 9.94. The Balaban J connectivity index is 1.86. The number of hydrogen-bond donors (Lipinski definition) is 3. The molecule has 98 valence electrons. The van der Waals surface area contributed by atoms with E-state index in [9.17, 15) is 9.90 Å². The molecule has 2 rings (SSSR count). The second-order valence-electron chi connectivity index (χ2n) is 4.98. The highest BCUT2D eigenvalue weighted by molar-refractivity contribution is 5.81. The molecule has 1 amide bonds. The molecule has 4 heteroatoms. The van der Waals surface area contributed by atoms with Crippen LogP contribution in [-0.4, -0.2) is 23.6 Å². The lowest BCUT2D eigenvalue weighted by Gasteiger charge is -2.27. The largest absolute Gasteiger partial charge is 0.508 e. The molecule has 2 atom stereocenters.